The van der Waals surface area contributed by atoms with Crippen LogP contribution in [0.1, 0.15) is 65.7 Å². The molecule has 0 aliphatic carbocycles. The standard InChI is InChI=1S/C28H45N3O3/c1-4-24(5-2)31-22-28(34-21-27(31)32)13-17-30(18-14-28)25-9-11-26(12-10-25)33-19-7-16-29-15-6-8-23(3)20-29/h9-12,23-24H,4-8,13-22H2,1-3H3/t23-/m0/s1. The van der Waals surface area contributed by atoms with Crippen LogP contribution >= 0.6 is 0 Å². The molecule has 0 unspecified atom stereocenters. The molecule has 0 N–H and O–H groups in total. The van der Waals surface area contributed by atoms with Crippen LogP contribution in [0.2, 0.25) is 0 Å². The molecule has 6 nitrogen and oxygen atoms in total. The van der Waals surface area contributed by atoms with E-state index in [0.717, 1.165) is 76.6 Å². The third kappa shape index (κ3) is 6.25. The zero-order valence-electron chi connectivity index (χ0n) is 21.6. The quantitative estimate of drug-likeness (QED) is 0.494. The van der Waals surface area contributed by atoms with Crippen LogP contribution in [0.15, 0.2) is 24.3 Å². The Kier molecular flexibility index (Phi) is 8.75. The fourth-order valence-corrected chi connectivity index (χ4v) is 6.00. The summed E-state index contributed by atoms with van der Waals surface area (Å²) in [6.07, 6.45) is 7.74. The number of nitrogens with zero attached hydrogens (tertiary/aromatic N) is 3. The van der Waals surface area contributed by atoms with E-state index in [1.54, 1.807) is 0 Å². The Morgan fingerprint density at radius 3 is 2.53 bits per heavy atom. The lowest BCUT2D eigenvalue weighted by Gasteiger charge is -2.49. The summed E-state index contributed by atoms with van der Waals surface area (Å²) in [7, 11) is 0. The van der Waals surface area contributed by atoms with E-state index in [9.17, 15) is 4.79 Å². The molecular formula is C28H45N3O3. The van der Waals surface area contributed by atoms with Gasteiger partial charge < -0.3 is 24.2 Å². The summed E-state index contributed by atoms with van der Waals surface area (Å²) in [4.78, 5) is 19.6. The second kappa shape index (κ2) is 11.8. The molecule has 0 radical (unpaired) electrons. The Morgan fingerprint density at radius 2 is 1.85 bits per heavy atom. The number of ether oxygens (including phenoxy) is 2. The highest BCUT2D eigenvalue weighted by Gasteiger charge is 2.43. The maximum absolute atomic E-state index is 12.5. The number of carbonyl (C=O) groups is 1. The number of morpholine rings is 1. The highest BCUT2D eigenvalue weighted by atomic mass is 16.5. The molecular weight excluding hydrogens is 426 g/mol. The van der Waals surface area contributed by atoms with Gasteiger partial charge in [0.15, 0.2) is 0 Å². The minimum Gasteiger partial charge on any atom is -0.494 e. The normalized spacial score (nSPS) is 23.6. The predicted octanol–water partition coefficient (Wildman–Crippen LogP) is 4.57. The van der Waals surface area contributed by atoms with Gasteiger partial charge >= 0.3 is 0 Å². The van der Waals surface area contributed by atoms with Crippen molar-refractivity contribution < 1.29 is 14.3 Å². The fourth-order valence-electron chi connectivity index (χ4n) is 6.00. The minimum absolute atomic E-state index is 0.155. The number of hydrogen-bond donors (Lipinski definition) is 0. The summed E-state index contributed by atoms with van der Waals surface area (Å²) in [6.45, 7) is 14.0. The SMILES string of the molecule is CCC(CC)N1CC2(CCN(c3ccc(OCCCN4CCC[C@H](C)C4)cc3)CC2)OCC1=O. The van der Waals surface area contributed by atoms with Crippen molar-refractivity contribution in [1.82, 2.24) is 9.80 Å². The molecule has 0 bridgehead atoms. The Morgan fingerprint density at radius 1 is 1.12 bits per heavy atom. The predicted molar refractivity (Wildman–Crippen MR) is 138 cm³/mol. The van der Waals surface area contributed by atoms with E-state index in [0.29, 0.717) is 6.04 Å². The van der Waals surface area contributed by atoms with Gasteiger partial charge in [0.2, 0.25) is 5.91 Å². The second-order valence-electron chi connectivity index (χ2n) is 10.7. The molecule has 190 valence electrons. The summed E-state index contributed by atoms with van der Waals surface area (Å²) in [5.74, 6) is 1.95. The van der Waals surface area contributed by atoms with Gasteiger partial charge in [-0.2, -0.15) is 0 Å². The molecule has 34 heavy (non-hydrogen) atoms. The van der Waals surface area contributed by atoms with Crippen LogP contribution in [0.5, 0.6) is 5.75 Å². The third-order valence-electron chi connectivity index (χ3n) is 8.17. The van der Waals surface area contributed by atoms with Gasteiger partial charge in [0.1, 0.15) is 12.4 Å². The highest BCUT2D eigenvalue weighted by molar-refractivity contribution is 5.78. The van der Waals surface area contributed by atoms with Gasteiger partial charge in [-0.25, -0.2) is 0 Å². The van der Waals surface area contributed by atoms with Crippen molar-refractivity contribution >= 4 is 11.6 Å². The minimum atomic E-state index is -0.178. The number of piperidine rings is 2. The van der Waals surface area contributed by atoms with Crippen molar-refractivity contribution in [3.8, 4) is 5.75 Å². The summed E-state index contributed by atoms with van der Waals surface area (Å²) in [6, 6.07) is 8.91. The number of likely N-dealkylation sites (tertiary alicyclic amines) is 1. The van der Waals surface area contributed by atoms with E-state index in [1.165, 1.54) is 31.6 Å². The Bertz CT molecular complexity index is 772. The first-order valence-corrected chi connectivity index (χ1v) is 13.7. The Balaban J connectivity index is 1.22. The summed E-state index contributed by atoms with van der Waals surface area (Å²) in [5, 5.41) is 0. The number of hydrogen-bond acceptors (Lipinski definition) is 5. The van der Waals surface area contributed by atoms with Gasteiger partial charge in [0.05, 0.1) is 18.8 Å². The van der Waals surface area contributed by atoms with Crippen molar-refractivity contribution in [2.45, 2.75) is 77.4 Å². The number of anilines is 1. The van der Waals surface area contributed by atoms with E-state index in [-0.39, 0.29) is 18.1 Å². The van der Waals surface area contributed by atoms with E-state index in [4.69, 9.17) is 9.47 Å². The molecule has 1 spiro atoms. The van der Waals surface area contributed by atoms with Gasteiger partial charge in [0, 0.05) is 37.9 Å². The van der Waals surface area contributed by atoms with Crippen LogP contribution in [-0.4, -0.2) is 79.8 Å². The molecule has 3 saturated heterocycles. The average Bonchev–Trinajstić information content (AvgIpc) is 2.86. The lowest BCUT2D eigenvalue weighted by molar-refractivity contribution is -0.171. The molecule has 1 atom stereocenters. The first kappa shape index (κ1) is 25.3. The van der Waals surface area contributed by atoms with Crippen molar-refractivity contribution in [3.05, 3.63) is 24.3 Å². The topological polar surface area (TPSA) is 45.2 Å². The van der Waals surface area contributed by atoms with Crippen molar-refractivity contribution in [2.75, 3.05) is 57.4 Å². The largest absolute Gasteiger partial charge is 0.494 e. The van der Waals surface area contributed by atoms with Crippen LogP contribution in [-0.2, 0) is 9.53 Å². The molecule has 1 amide bonds. The van der Waals surface area contributed by atoms with Crippen molar-refractivity contribution in [3.63, 3.8) is 0 Å². The molecule has 0 saturated carbocycles. The fraction of sp³-hybridized carbons (Fsp3) is 0.750. The van der Waals surface area contributed by atoms with Gasteiger partial charge in [0.25, 0.3) is 0 Å². The summed E-state index contributed by atoms with van der Waals surface area (Å²) >= 11 is 0. The number of amides is 1. The number of carbonyl (C=O) groups excluding carboxylic acids is 1. The smallest absolute Gasteiger partial charge is 0.248 e. The van der Waals surface area contributed by atoms with Crippen LogP contribution in [0.3, 0.4) is 0 Å². The number of rotatable bonds is 9. The van der Waals surface area contributed by atoms with E-state index < -0.39 is 0 Å². The lowest BCUT2D eigenvalue weighted by Crippen LogP contribution is -2.60. The van der Waals surface area contributed by atoms with Crippen molar-refractivity contribution in [2.24, 2.45) is 5.92 Å². The van der Waals surface area contributed by atoms with Gasteiger partial charge in [-0.1, -0.05) is 20.8 Å². The number of benzene rings is 1. The van der Waals surface area contributed by atoms with Gasteiger partial charge in [-0.3, -0.25) is 4.79 Å². The molecule has 6 heteroatoms. The van der Waals surface area contributed by atoms with Gasteiger partial charge in [-0.15, -0.1) is 0 Å². The maximum Gasteiger partial charge on any atom is 0.248 e. The molecule has 3 heterocycles. The van der Waals surface area contributed by atoms with Crippen molar-refractivity contribution in [1.29, 1.82) is 0 Å². The molecule has 4 rings (SSSR count). The van der Waals surface area contributed by atoms with Crippen LogP contribution in [0, 0.1) is 5.92 Å². The van der Waals surface area contributed by atoms with E-state index in [2.05, 4.69) is 59.7 Å². The first-order valence-electron chi connectivity index (χ1n) is 13.7. The van der Waals surface area contributed by atoms with E-state index in [1.807, 2.05) is 0 Å². The van der Waals surface area contributed by atoms with Crippen LogP contribution in [0.25, 0.3) is 0 Å². The molecule has 1 aromatic rings. The summed E-state index contributed by atoms with van der Waals surface area (Å²) < 4.78 is 12.2. The maximum atomic E-state index is 12.5. The van der Waals surface area contributed by atoms with Gasteiger partial charge in [-0.05, 0) is 81.7 Å². The third-order valence-corrected chi connectivity index (χ3v) is 8.17. The molecule has 3 fully saturated rings. The Hall–Kier alpha value is -1.79. The molecule has 1 aromatic carbocycles. The lowest BCUT2D eigenvalue weighted by atomic mass is 9.88. The average molecular weight is 472 g/mol. The zero-order chi connectivity index (χ0) is 24.0. The Labute approximate surface area is 206 Å². The molecule has 3 aliphatic heterocycles. The monoisotopic (exact) mass is 471 g/mol. The summed E-state index contributed by atoms with van der Waals surface area (Å²) in [5.41, 5.74) is 1.07. The molecule has 3 aliphatic rings. The molecule has 0 aromatic heterocycles. The highest BCUT2D eigenvalue weighted by Crippen LogP contribution is 2.34. The van der Waals surface area contributed by atoms with Crippen LogP contribution in [0.4, 0.5) is 5.69 Å². The zero-order valence-corrected chi connectivity index (χ0v) is 21.6. The van der Waals surface area contributed by atoms with Crippen LogP contribution < -0.4 is 9.64 Å². The second-order valence-corrected chi connectivity index (χ2v) is 10.7. The van der Waals surface area contributed by atoms with E-state index >= 15 is 0 Å². The first-order chi connectivity index (χ1) is 16.5.